The van der Waals surface area contributed by atoms with Crippen LogP contribution in [-0.4, -0.2) is 22.0 Å². The molecule has 0 amide bonds. The summed E-state index contributed by atoms with van der Waals surface area (Å²) >= 11 is 0. The van der Waals surface area contributed by atoms with Crippen LogP contribution >= 0.6 is 0 Å². The second-order valence-electron chi connectivity index (χ2n) is 3.94. The first kappa shape index (κ1) is 11.7. The van der Waals surface area contributed by atoms with Gasteiger partial charge in [-0.2, -0.15) is 5.10 Å². The zero-order chi connectivity index (χ0) is 12.3. The normalized spacial score (nSPS) is 12.4. The lowest BCUT2D eigenvalue weighted by atomic mass is 10.1. The van der Waals surface area contributed by atoms with Gasteiger partial charge in [0.05, 0.1) is 19.8 Å². The average Bonchev–Trinajstić information content (AvgIpc) is 2.75. The topological polar surface area (TPSA) is 47.3 Å². The van der Waals surface area contributed by atoms with Crippen molar-refractivity contribution < 1.29 is 9.84 Å². The van der Waals surface area contributed by atoms with Crippen LogP contribution in [0.25, 0.3) is 0 Å². The van der Waals surface area contributed by atoms with Crippen LogP contribution in [-0.2, 0) is 6.54 Å². The van der Waals surface area contributed by atoms with Crippen molar-refractivity contribution in [2.24, 2.45) is 0 Å². The van der Waals surface area contributed by atoms with Gasteiger partial charge >= 0.3 is 0 Å². The summed E-state index contributed by atoms with van der Waals surface area (Å²) in [5.41, 5.74) is 1.90. The second kappa shape index (κ2) is 5.01. The van der Waals surface area contributed by atoms with E-state index in [1.807, 2.05) is 37.3 Å². The molecule has 1 aromatic heterocycles. The highest BCUT2D eigenvalue weighted by Crippen LogP contribution is 2.19. The van der Waals surface area contributed by atoms with E-state index in [-0.39, 0.29) is 0 Å². The molecular formula is C13H16N2O2. The number of aryl methyl sites for hydroxylation is 1. The maximum absolute atomic E-state index is 10.1. The highest BCUT2D eigenvalue weighted by atomic mass is 16.5. The minimum atomic E-state index is -0.556. The third kappa shape index (κ3) is 2.65. The van der Waals surface area contributed by atoms with Gasteiger partial charge in [-0.05, 0) is 30.7 Å². The predicted molar refractivity (Wildman–Crippen MR) is 64.9 cm³/mol. The second-order valence-corrected chi connectivity index (χ2v) is 3.94. The predicted octanol–water partition coefficient (Wildman–Crippen LogP) is 1.93. The molecule has 2 aromatic rings. The van der Waals surface area contributed by atoms with Gasteiger partial charge in [-0.1, -0.05) is 12.1 Å². The van der Waals surface area contributed by atoms with Crippen molar-refractivity contribution in [3.8, 4) is 5.75 Å². The zero-order valence-electron chi connectivity index (χ0n) is 10.00. The highest BCUT2D eigenvalue weighted by molar-refractivity contribution is 5.28. The highest BCUT2D eigenvalue weighted by Gasteiger charge is 2.09. The summed E-state index contributed by atoms with van der Waals surface area (Å²) in [5.74, 6) is 0.788. The summed E-state index contributed by atoms with van der Waals surface area (Å²) in [6, 6.07) is 9.33. The molecule has 1 atom stereocenters. The number of aliphatic hydroxyl groups excluding tert-OH is 1. The van der Waals surface area contributed by atoms with Crippen molar-refractivity contribution in [3.63, 3.8) is 0 Å². The van der Waals surface area contributed by atoms with Gasteiger partial charge in [0.25, 0.3) is 0 Å². The van der Waals surface area contributed by atoms with Crippen molar-refractivity contribution in [2.45, 2.75) is 19.6 Å². The van der Waals surface area contributed by atoms with Crippen LogP contribution in [0.5, 0.6) is 5.75 Å². The summed E-state index contributed by atoms with van der Waals surface area (Å²) in [6.07, 6.45) is 1.18. The molecule has 0 saturated carbocycles. The standard InChI is InChI=1S/C13H16N2O2/c1-10-7-8-14-15(10)9-13(16)11-3-5-12(17-2)6-4-11/h3-8,13,16H,9H2,1-2H3. The summed E-state index contributed by atoms with van der Waals surface area (Å²) in [6.45, 7) is 2.43. The Labute approximate surface area is 100 Å². The van der Waals surface area contributed by atoms with E-state index < -0.39 is 6.10 Å². The first-order valence-corrected chi connectivity index (χ1v) is 5.51. The molecule has 1 unspecified atom stereocenters. The summed E-state index contributed by atoms with van der Waals surface area (Å²) in [5, 5.41) is 14.2. The Kier molecular flexibility index (Phi) is 3.44. The fourth-order valence-corrected chi connectivity index (χ4v) is 1.69. The van der Waals surface area contributed by atoms with Crippen LogP contribution in [0, 0.1) is 6.92 Å². The number of aromatic nitrogens is 2. The van der Waals surface area contributed by atoms with E-state index >= 15 is 0 Å². The first-order valence-electron chi connectivity index (χ1n) is 5.51. The van der Waals surface area contributed by atoms with E-state index in [0.717, 1.165) is 17.0 Å². The Morgan fingerprint density at radius 2 is 2.00 bits per heavy atom. The Balaban J connectivity index is 2.09. The molecular weight excluding hydrogens is 216 g/mol. The van der Waals surface area contributed by atoms with Crippen LogP contribution < -0.4 is 4.74 Å². The van der Waals surface area contributed by atoms with Gasteiger partial charge in [-0.25, -0.2) is 0 Å². The fraction of sp³-hybridized carbons (Fsp3) is 0.308. The third-order valence-electron chi connectivity index (χ3n) is 2.78. The monoisotopic (exact) mass is 232 g/mol. The molecule has 0 bridgehead atoms. The molecule has 0 fully saturated rings. The van der Waals surface area contributed by atoms with Crippen LogP contribution in [0.15, 0.2) is 36.5 Å². The molecule has 0 saturated heterocycles. The molecule has 2 rings (SSSR count). The van der Waals surface area contributed by atoms with Gasteiger partial charge in [0.15, 0.2) is 0 Å². The lowest BCUT2D eigenvalue weighted by Crippen LogP contribution is -2.11. The number of benzene rings is 1. The van der Waals surface area contributed by atoms with Crippen molar-refractivity contribution in [3.05, 3.63) is 47.8 Å². The molecule has 0 aliphatic heterocycles. The van der Waals surface area contributed by atoms with Crippen molar-refractivity contribution >= 4 is 0 Å². The number of ether oxygens (including phenoxy) is 1. The smallest absolute Gasteiger partial charge is 0.118 e. The molecule has 17 heavy (non-hydrogen) atoms. The maximum atomic E-state index is 10.1. The number of aliphatic hydroxyl groups is 1. The van der Waals surface area contributed by atoms with E-state index in [9.17, 15) is 5.11 Å². The molecule has 1 heterocycles. The van der Waals surface area contributed by atoms with E-state index in [1.54, 1.807) is 18.0 Å². The molecule has 4 nitrogen and oxygen atoms in total. The number of hydrogen-bond donors (Lipinski definition) is 1. The minimum absolute atomic E-state index is 0.463. The quantitative estimate of drug-likeness (QED) is 0.876. The van der Waals surface area contributed by atoms with Crippen LogP contribution in [0.4, 0.5) is 0 Å². The molecule has 0 aliphatic rings. The maximum Gasteiger partial charge on any atom is 0.118 e. The summed E-state index contributed by atoms with van der Waals surface area (Å²) in [4.78, 5) is 0. The number of hydrogen-bond acceptors (Lipinski definition) is 3. The first-order chi connectivity index (χ1) is 8.20. The SMILES string of the molecule is COc1ccc(C(O)Cn2nccc2C)cc1. The van der Waals surface area contributed by atoms with Gasteiger partial charge in [0.1, 0.15) is 5.75 Å². The summed E-state index contributed by atoms with van der Waals surface area (Å²) < 4.78 is 6.86. The van der Waals surface area contributed by atoms with Gasteiger partial charge in [0, 0.05) is 11.9 Å². The average molecular weight is 232 g/mol. The molecule has 4 heteroatoms. The molecule has 0 aliphatic carbocycles. The van der Waals surface area contributed by atoms with Crippen LogP contribution in [0.3, 0.4) is 0 Å². The lowest BCUT2D eigenvalue weighted by Gasteiger charge is -2.12. The molecule has 1 N–H and O–H groups in total. The fourth-order valence-electron chi connectivity index (χ4n) is 1.69. The molecule has 1 aromatic carbocycles. The van der Waals surface area contributed by atoms with Crippen LogP contribution in [0.2, 0.25) is 0 Å². The van der Waals surface area contributed by atoms with Gasteiger partial charge in [-0.3, -0.25) is 4.68 Å². The van der Waals surface area contributed by atoms with E-state index in [0.29, 0.717) is 6.54 Å². The van der Waals surface area contributed by atoms with Gasteiger partial charge in [-0.15, -0.1) is 0 Å². The number of nitrogens with zero attached hydrogens (tertiary/aromatic N) is 2. The number of methoxy groups -OCH3 is 1. The van der Waals surface area contributed by atoms with Crippen LogP contribution in [0.1, 0.15) is 17.4 Å². The lowest BCUT2D eigenvalue weighted by molar-refractivity contribution is 0.150. The van der Waals surface area contributed by atoms with Crippen molar-refractivity contribution in [1.29, 1.82) is 0 Å². The summed E-state index contributed by atoms with van der Waals surface area (Å²) in [7, 11) is 1.62. The van der Waals surface area contributed by atoms with E-state index in [4.69, 9.17) is 4.74 Å². The zero-order valence-corrected chi connectivity index (χ0v) is 10.00. The van der Waals surface area contributed by atoms with Crippen molar-refractivity contribution in [2.75, 3.05) is 7.11 Å². The van der Waals surface area contributed by atoms with E-state index in [2.05, 4.69) is 5.10 Å². The Bertz CT molecular complexity index is 476. The Morgan fingerprint density at radius 3 is 2.53 bits per heavy atom. The number of rotatable bonds is 4. The van der Waals surface area contributed by atoms with Crippen molar-refractivity contribution in [1.82, 2.24) is 9.78 Å². The third-order valence-corrected chi connectivity index (χ3v) is 2.78. The largest absolute Gasteiger partial charge is 0.497 e. The Morgan fingerprint density at radius 1 is 1.29 bits per heavy atom. The van der Waals surface area contributed by atoms with Gasteiger partial charge in [0.2, 0.25) is 0 Å². The Hall–Kier alpha value is -1.81. The van der Waals surface area contributed by atoms with Gasteiger partial charge < -0.3 is 9.84 Å². The molecule has 0 spiro atoms. The van der Waals surface area contributed by atoms with E-state index in [1.165, 1.54) is 0 Å². The molecule has 0 radical (unpaired) electrons. The molecule has 90 valence electrons. The minimum Gasteiger partial charge on any atom is -0.497 e.